The van der Waals surface area contributed by atoms with E-state index in [1.54, 1.807) is 0 Å². The van der Waals surface area contributed by atoms with Crippen LogP contribution in [0.25, 0.3) is 0 Å². The van der Waals surface area contributed by atoms with Crippen molar-refractivity contribution in [2.24, 2.45) is 0 Å². The van der Waals surface area contributed by atoms with Crippen LogP contribution in [0.3, 0.4) is 0 Å². The van der Waals surface area contributed by atoms with Gasteiger partial charge in [-0.25, -0.2) is 0 Å². The Kier molecular flexibility index (Phi) is 4.50. The largest absolute Gasteiger partial charge is 0.126 e. The number of rotatable bonds is 1. The lowest BCUT2D eigenvalue weighted by atomic mass is 11.4. The van der Waals surface area contributed by atoms with E-state index in [1.165, 1.54) is 0 Å². The van der Waals surface area contributed by atoms with Gasteiger partial charge in [-0.1, -0.05) is 15.9 Å². The fourth-order valence-electron chi connectivity index (χ4n) is 0. The highest BCUT2D eigenvalue weighted by atomic mass is 79.9. The summed E-state index contributed by atoms with van der Waals surface area (Å²) in [5, 5.41) is 0.897. The van der Waals surface area contributed by atoms with E-state index >= 15 is 0 Å². The summed E-state index contributed by atoms with van der Waals surface area (Å²) in [6.45, 7) is 0. The van der Waals surface area contributed by atoms with E-state index in [9.17, 15) is 0 Å². The molecule has 0 spiro atoms. The number of halogens is 2. The minimum atomic E-state index is 0.708. The summed E-state index contributed by atoms with van der Waals surface area (Å²) in [7, 11) is 0. The molecule has 0 unspecified atom stereocenters. The molecular formula is C2H4BrCl. The van der Waals surface area contributed by atoms with Gasteiger partial charge in [-0.15, -0.1) is 11.6 Å². The Morgan fingerprint density at radius 3 is 2.00 bits per heavy atom. The summed E-state index contributed by atoms with van der Waals surface area (Å²) in [5.41, 5.74) is 0. The summed E-state index contributed by atoms with van der Waals surface area (Å²) >= 11 is 8.26. The molecule has 0 aromatic carbocycles. The Labute approximate surface area is 39.3 Å². The van der Waals surface area contributed by atoms with Crippen molar-refractivity contribution in [2.45, 2.75) is 0 Å². The Bertz CT molecular complexity index is 8.00. The highest BCUT2D eigenvalue weighted by Crippen LogP contribution is 1.79. The predicted octanol–water partition coefficient (Wildman–Crippen LogP) is 1.62. The average molecular weight is 144 g/mol. The predicted molar refractivity (Wildman–Crippen MR) is 24.5 cm³/mol. The summed E-state index contributed by atoms with van der Waals surface area (Å²) in [4.78, 5) is 0. The van der Waals surface area contributed by atoms with Gasteiger partial charge in [0.1, 0.15) is 0 Å². The number of hydrogen-bond acceptors (Lipinski definition) is 0. The van der Waals surface area contributed by atoms with Gasteiger partial charge >= 0.3 is 0 Å². The lowest BCUT2D eigenvalue weighted by Gasteiger charge is -1.63. The first kappa shape index (κ1) is 4.77. The average Bonchev–Trinajstić information content (AvgIpc) is 1.37. The van der Waals surface area contributed by atoms with Gasteiger partial charge in [0.2, 0.25) is 0 Å². The minimum Gasteiger partial charge on any atom is -0.126 e. The van der Waals surface area contributed by atoms with Crippen LogP contribution in [0.1, 0.15) is 0 Å². The second kappa shape index (κ2) is 3.77. The monoisotopic (exact) mass is 143 g/mol. The van der Waals surface area contributed by atoms with E-state index in [0.29, 0.717) is 5.88 Å². The molecule has 0 saturated heterocycles. The normalized spacial score (nSPS) is 7.50. The van der Waals surface area contributed by atoms with Crippen molar-refractivity contribution >= 4 is 27.5 Å². The molecule has 0 aromatic heterocycles. The summed E-state index contributed by atoms with van der Waals surface area (Å²) in [5.74, 6) is 0.708. The molecule has 0 N–H and O–H groups in total. The topological polar surface area (TPSA) is 0 Å². The number of alkyl halides is 2. The van der Waals surface area contributed by atoms with Gasteiger partial charge in [-0.05, 0) is 0 Å². The zero-order chi connectivity index (χ0) is 3.41. The maximum absolute atomic E-state index is 5.14. The van der Waals surface area contributed by atoms with E-state index in [4.69, 9.17) is 11.6 Å². The number of hydrogen-bond donors (Lipinski definition) is 0. The molecule has 0 saturated carbocycles. The van der Waals surface area contributed by atoms with Crippen molar-refractivity contribution < 1.29 is 0 Å². The molecule has 0 aliphatic carbocycles. The highest BCUT2D eigenvalue weighted by Gasteiger charge is 1.61. The maximum atomic E-state index is 5.14. The Hall–Kier alpha value is 0.770. The molecule has 4 heavy (non-hydrogen) atoms. The quantitative estimate of drug-likeness (QED) is 0.387. The van der Waals surface area contributed by atoms with Crippen LogP contribution in [0, 0.1) is 0 Å². The second-order valence-corrected chi connectivity index (χ2v) is 1.55. The lowest BCUT2D eigenvalue weighted by Crippen LogP contribution is -1.62. The minimum absolute atomic E-state index is 0.708. The van der Waals surface area contributed by atoms with Gasteiger partial charge in [0, 0.05) is 11.2 Å². The third-order valence-corrected chi connectivity index (χ3v) is 1.11. The maximum Gasteiger partial charge on any atom is 0.0320 e. The summed E-state index contributed by atoms with van der Waals surface area (Å²) in [6.07, 6.45) is 0. The zero-order valence-corrected chi connectivity index (χ0v) is 4.51. The van der Waals surface area contributed by atoms with Crippen LogP contribution >= 0.6 is 27.5 Å². The molecule has 0 bridgehead atoms. The fourth-order valence-corrected chi connectivity index (χ4v) is 0. The van der Waals surface area contributed by atoms with Gasteiger partial charge in [0.15, 0.2) is 0 Å². The zero-order valence-electron chi connectivity index (χ0n) is 2.17. The Balaban J connectivity index is 1.97. The first-order chi connectivity index (χ1) is 1.91. The first-order valence-corrected chi connectivity index (χ1v) is 2.69. The van der Waals surface area contributed by atoms with Gasteiger partial charge in [0.05, 0.1) is 0 Å². The van der Waals surface area contributed by atoms with Crippen LogP contribution in [0.15, 0.2) is 0 Å². The van der Waals surface area contributed by atoms with Crippen LogP contribution in [-0.2, 0) is 0 Å². The molecule has 0 fully saturated rings. The summed E-state index contributed by atoms with van der Waals surface area (Å²) in [6, 6.07) is 0. The molecule has 0 aliphatic heterocycles. The van der Waals surface area contributed by atoms with E-state index in [-0.39, 0.29) is 0 Å². The molecule has 2 heteroatoms. The van der Waals surface area contributed by atoms with Crippen molar-refractivity contribution in [2.75, 3.05) is 11.2 Å². The van der Waals surface area contributed by atoms with Crippen molar-refractivity contribution in [1.82, 2.24) is 0 Å². The van der Waals surface area contributed by atoms with E-state index in [1.807, 2.05) is 0 Å². The lowest BCUT2D eigenvalue weighted by molar-refractivity contribution is 1.57. The molecule has 0 radical (unpaired) electrons. The Morgan fingerprint density at radius 2 is 2.00 bits per heavy atom. The Morgan fingerprint density at radius 1 is 1.75 bits per heavy atom. The van der Waals surface area contributed by atoms with Gasteiger partial charge in [0.25, 0.3) is 0 Å². The van der Waals surface area contributed by atoms with E-state index in [0.717, 1.165) is 5.33 Å². The van der Waals surface area contributed by atoms with Crippen molar-refractivity contribution in [3.05, 3.63) is 0 Å². The summed E-state index contributed by atoms with van der Waals surface area (Å²) < 4.78 is 0. The van der Waals surface area contributed by atoms with E-state index < -0.39 is 0 Å². The smallest absolute Gasteiger partial charge is 0.0320 e. The standard InChI is InChI=1S/C2H4BrCl/c3-1-2-4/h1-2H2/i2+1. The molecule has 0 aromatic rings. The molecule has 0 atom stereocenters. The van der Waals surface area contributed by atoms with Crippen LogP contribution < -0.4 is 0 Å². The van der Waals surface area contributed by atoms with Crippen LogP contribution in [0.5, 0.6) is 0 Å². The van der Waals surface area contributed by atoms with E-state index in [2.05, 4.69) is 15.9 Å². The molecule has 0 aliphatic rings. The van der Waals surface area contributed by atoms with Crippen molar-refractivity contribution in [3.63, 3.8) is 0 Å². The van der Waals surface area contributed by atoms with Crippen LogP contribution in [-0.4, -0.2) is 11.2 Å². The van der Waals surface area contributed by atoms with Crippen molar-refractivity contribution in [3.8, 4) is 0 Å². The third kappa shape index (κ3) is 2.77. The molecule has 0 nitrogen and oxygen atoms in total. The van der Waals surface area contributed by atoms with Crippen molar-refractivity contribution in [1.29, 1.82) is 0 Å². The van der Waals surface area contributed by atoms with Gasteiger partial charge in [-0.2, -0.15) is 0 Å². The third-order valence-electron chi connectivity index (χ3n) is 0.0714. The van der Waals surface area contributed by atoms with Gasteiger partial charge < -0.3 is 0 Å². The van der Waals surface area contributed by atoms with Crippen LogP contribution in [0.4, 0.5) is 0 Å². The molecular weight excluding hydrogens is 140 g/mol. The fraction of sp³-hybridized carbons (Fsp3) is 1.00. The SMILES string of the molecule is Cl[13CH2]CBr. The van der Waals surface area contributed by atoms with Crippen LogP contribution in [0.2, 0.25) is 0 Å². The molecule has 0 rings (SSSR count). The molecule has 0 amide bonds. The first-order valence-electron chi connectivity index (χ1n) is 1.03. The second-order valence-electron chi connectivity index (χ2n) is 0.378. The molecule has 26 valence electrons. The molecule has 0 heterocycles. The highest BCUT2D eigenvalue weighted by molar-refractivity contribution is 9.09. The van der Waals surface area contributed by atoms with Gasteiger partial charge in [-0.3, -0.25) is 0 Å².